The molecule has 0 saturated carbocycles. The maximum atomic E-state index is 12.4. The molecule has 0 radical (unpaired) electrons. The second-order valence-corrected chi connectivity index (χ2v) is 7.08. The van der Waals surface area contributed by atoms with Crippen molar-refractivity contribution in [1.29, 1.82) is 0 Å². The minimum absolute atomic E-state index is 0.0363. The Hall–Kier alpha value is -4.19. The summed E-state index contributed by atoms with van der Waals surface area (Å²) in [6.45, 7) is 0. The number of carbonyl (C=O) groups is 3. The van der Waals surface area contributed by atoms with E-state index in [9.17, 15) is 24.3 Å². The van der Waals surface area contributed by atoms with E-state index in [0.717, 1.165) is 11.1 Å². The lowest BCUT2D eigenvalue weighted by atomic mass is 10.0. The van der Waals surface area contributed by atoms with Gasteiger partial charge < -0.3 is 26.0 Å². The van der Waals surface area contributed by atoms with Crippen molar-refractivity contribution in [3.63, 3.8) is 0 Å². The number of nitrogens with two attached hydrogens (primary N) is 2. The molecule has 0 bridgehead atoms. The van der Waals surface area contributed by atoms with Crippen LogP contribution in [-0.2, 0) is 27.3 Å². The number of amides is 1. The van der Waals surface area contributed by atoms with Crippen molar-refractivity contribution >= 4 is 34.8 Å². The van der Waals surface area contributed by atoms with Crippen LogP contribution in [0.1, 0.15) is 34.3 Å². The quantitative estimate of drug-likeness (QED) is 0.246. The van der Waals surface area contributed by atoms with Crippen LogP contribution in [0.25, 0.3) is 11.0 Å². The zero-order chi connectivity index (χ0) is 23.3. The van der Waals surface area contributed by atoms with Crippen molar-refractivity contribution in [2.24, 2.45) is 5.90 Å². The number of carboxylic acid groups (broad SMARTS) is 1. The predicted molar refractivity (Wildman–Crippen MR) is 113 cm³/mol. The van der Waals surface area contributed by atoms with Gasteiger partial charge in [-0.1, -0.05) is 12.1 Å². The maximum absolute atomic E-state index is 12.4. The highest BCUT2D eigenvalue weighted by atomic mass is 16.7. The smallest absolute Gasteiger partial charge is 0.326 e. The summed E-state index contributed by atoms with van der Waals surface area (Å²) in [4.78, 5) is 60.4. The van der Waals surface area contributed by atoms with E-state index in [2.05, 4.69) is 25.1 Å². The van der Waals surface area contributed by atoms with Gasteiger partial charge in [-0.05, 0) is 42.5 Å². The van der Waals surface area contributed by atoms with Crippen molar-refractivity contribution < 1.29 is 24.3 Å². The number of nitrogens with zero attached hydrogens (tertiary/aromatic N) is 1. The molecule has 1 atom stereocenters. The summed E-state index contributed by atoms with van der Waals surface area (Å²) in [6, 6.07) is 5.37. The topological polar surface area (TPSA) is 206 Å². The monoisotopic (exact) mass is 442 g/mol. The van der Waals surface area contributed by atoms with Gasteiger partial charge in [-0.15, -0.1) is 0 Å². The molecular formula is C20H22N6O6. The van der Waals surface area contributed by atoms with Crippen LogP contribution >= 0.6 is 0 Å². The minimum Gasteiger partial charge on any atom is -0.480 e. The van der Waals surface area contributed by atoms with Gasteiger partial charge in [0, 0.05) is 18.2 Å². The largest absolute Gasteiger partial charge is 0.480 e. The van der Waals surface area contributed by atoms with Gasteiger partial charge in [0.2, 0.25) is 5.95 Å². The zero-order valence-corrected chi connectivity index (χ0v) is 16.9. The summed E-state index contributed by atoms with van der Waals surface area (Å²) in [5.41, 5.74) is 7.61. The third-order valence-electron chi connectivity index (χ3n) is 4.91. The maximum Gasteiger partial charge on any atom is 0.326 e. The van der Waals surface area contributed by atoms with E-state index in [1.54, 1.807) is 30.5 Å². The van der Waals surface area contributed by atoms with Crippen LogP contribution < -0.4 is 22.5 Å². The molecule has 0 fully saturated rings. The first kappa shape index (κ1) is 22.5. The van der Waals surface area contributed by atoms with Crippen LogP contribution in [0.5, 0.6) is 0 Å². The lowest BCUT2D eigenvalue weighted by molar-refractivity contribution is -0.145. The molecule has 0 saturated heterocycles. The van der Waals surface area contributed by atoms with Gasteiger partial charge in [0.25, 0.3) is 11.5 Å². The van der Waals surface area contributed by atoms with Gasteiger partial charge in [0.15, 0.2) is 0 Å². The number of aromatic amines is 2. The lowest BCUT2D eigenvalue weighted by Crippen LogP contribution is -2.41. The fraction of sp³-hybridized carbons (Fsp3) is 0.250. The molecule has 12 nitrogen and oxygen atoms in total. The van der Waals surface area contributed by atoms with Crippen LogP contribution in [0, 0.1) is 0 Å². The van der Waals surface area contributed by atoms with Gasteiger partial charge in [0.1, 0.15) is 11.7 Å². The lowest BCUT2D eigenvalue weighted by Gasteiger charge is -2.14. The van der Waals surface area contributed by atoms with E-state index < -0.39 is 23.9 Å². The number of nitrogen functional groups attached to an aromatic ring is 1. The van der Waals surface area contributed by atoms with Crippen LogP contribution in [-0.4, -0.2) is 43.9 Å². The van der Waals surface area contributed by atoms with E-state index in [-0.39, 0.29) is 29.9 Å². The van der Waals surface area contributed by atoms with Crippen molar-refractivity contribution in [2.75, 3.05) is 5.73 Å². The van der Waals surface area contributed by atoms with Crippen molar-refractivity contribution in [3.05, 3.63) is 57.5 Å². The van der Waals surface area contributed by atoms with Gasteiger partial charge >= 0.3 is 11.9 Å². The molecule has 12 heteroatoms. The molecule has 1 aromatic carbocycles. The number of hydrogen-bond acceptors (Lipinski definition) is 8. The molecule has 168 valence electrons. The number of benzene rings is 1. The van der Waals surface area contributed by atoms with Crippen molar-refractivity contribution in [1.82, 2.24) is 20.3 Å². The Bertz CT molecular complexity index is 1200. The molecule has 8 N–H and O–H groups in total. The molecule has 0 unspecified atom stereocenters. The Morgan fingerprint density at radius 1 is 1.19 bits per heavy atom. The molecule has 2 aromatic heterocycles. The summed E-state index contributed by atoms with van der Waals surface area (Å²) < 4.78 is 0. The predicted octanol–water partition coefficient (Wildman–Crippen LogP) is -0.00130. The number of aromatic nitrogens is 3. The second kappa shape index (κ2) is 9.75. The number of rotatable bonds is 9. The molecule has 1 amide bonds. The molecule has 0 aliphatic carbocycles. The molecule has 2 heterocycles. The summed E-state index contributed by atoms with van der Waals surface area (Å²) in [5, 5.41) is 12.1. The average Bonchev–Trinajstić information content (AvgIpc) is 3.17. The first-order valence-corrected chi connectivity index (χ1v) is 9.66. The summed E-state index contributed by atoms with van der Waals surface area (Å²) >= 11 is 0. The van der Waals surface area contributed by atoms with E-state index in [4.69, 9.17) is 11.6 Å². The van der Waals surface area contributed by atoms with Crippen LogP contribution in [0.3, 0.4) is 0 Å². The third kappa shape index (κ3) is 5.29. The molecule has 3 rings (SSSR count). The fourth-order valence-corrected chi connectivity index (χ4v) is 3.24. The van der Waals surface area contributed by atoms with Gasteiger partial charge in [-0.3, -0.25) is 19.4 Å². The Morgan fingerprint density at radius 2 is 1.91 bits per heavy atom. The Labute approximate surface area is 180 Å². The number of fused-ring (bicyclic) bond motifs is 1. The Morgan fingerprint density at radius 3 is 2.56 bits per heavy atom. The SMILES string of the molecule is NOC(=O)CC[C@H](NC(=O)c1ccc(CCc2c[nH]c3nc(N)[nH]c(=O)c23)cc1)C(=O)O. The highest BCUT2D eigenvalue weighted by molar-refractivity contribution is 5.96. The second-order valence-electron chi connectivity index (χ2n) is 7.08. The molecule has 3 aromatic rings. The zero-order valence-electron chi connectivity index (χ0n) is 16.9. The highest BCUT2D eigenvalue weighted by Crippen LogP contribution is 2.16. The number of hydrogen-bond donors (Lipinski definition) is 6. The first-order chi connectivity index (χ1) is 15.3. The van der Waals surface area contributed by atoms with Gasteiger partial charge in [0.05, 0.1) is 5.39 Å². The number of H-pyrrole nitrogens is 2. The standard InChI is InChI=1S/C20H22N6O6/c21-20-25-16-15(18(29)26-20)12(9-23-16)6-3-10-1-4-11(5-2-10)17(28)24-13(19(30)31)7-8-14(27)32-22/h1-2,4-5,9,13H,3,6-8,22H2,(H,24,28)(H,30,31)(H4,21,23,25,26,29)/t13-/m0/s1. The number of carboxylic acids is 1. The molecule has 32 heavy (non-hydrogen) atoms. The number of aryl methyl sites for hydroxylation is 2. The van der Waals surface area contributed by atoms with Crippen LogP contribution in [0.15, 0.2) is 35.3 Å². The van der Waals surface area contributed by atoms with Crippen molar-refractivity contribution in [3.8, 4) is 0 Å². The number of nitrogens with one attached hydrogen (secondary N) is 3. The van der Waals surface area contributed by atoms with Crippen LogP contribution in [0.4, 0.5) is 5.95 Å². The average molecular weight is 442 g/mol. The van der Waals surface area contributed by atoms with Gasteiger partial charge in [-0.25, -0.2) is 4.79 Å². The van der Waals surface area contributed by atoms with Crippen molar-refractivity contribution in [2.45, 2.75) is 31.7 Å². The van der Waals surface area contributed by atoms with E-state index in [1.807, 2.05) is 0 Å². The van der Waals surface area contributed by atoms with Crippen LogP contribution in [0.2, 0.25) is 0 Å². The normalized spacial score (nSPS) is 11.8. The Kier molecular flexibility index (Phi) is 6.85. The minimum atomic E-state index is -1.27. The summed E-state index contributed by atoms with van der Waals surface area (Å²) in [7, 11) is 0. The Balaban J connectivity index is 1.62. The van der Waals surface area contributed by atoms with E-state index in [0.29, 0.717) is 23.9 Å². The highest BCUT2D eigenvalue weighted by Gasteiger charge is 2.22. The molecule has 0 spiro atoms. The van der Waals surface area contributed by atoms with Gasteiger partial charge in [-0.2, -0.15) is 10.9 Å². The first-order valence-electron chi connectivity index (χ1n) is 9.66. The molecule has 0 aliphatic heterocycles. The molecular weight excluding hydrogens is 420 g/mol. The summed E-state index contributed by atoms with van der Waals surface area (Å²) in [6.07, 6.45) is 2.46. The fourth-order valence-electron chi connectivity index (χ4n) is 3.24. The third-order valence-corrected chi connectivity index (χ3v) is 4.91. The number of aliphatic carboxylic acids is 1. The summed E-state index contributed by atoms with van der Waals surface area (Å²) in [5.74, 6) is 2.13. The van der Waals surface area contributed by atoms with E-state index >= 15 is 0 Å². The number of anilines is 1. The molecule has 0 aliphatic rings. The van der Waals surface area contributed by atoms with E-state index in [1.165, 1.54) is 0 Å². The number of carbonyl (C=O) groups excluding carboxylic acids is 2.